The van der Waals surface area contributed by atoms with Crippen LogP contribution >= 0.6 is 19.4 Å². The zero-order valence-corrected chi connectivity index (χ0v) is 16.7. The molecule has 1 aromatic rings. The number of ether oxygens (including phenoxy) is 1. The lowest BCUT2D eigenvalue weighted by molar-refractivity contribution is 0.0932. The smallest absolute Gasteiger partial charge is 0.474 e. The maximum Gasteiger partial charge on any atom is 0.474 e. The zero-order chi connectivity index (χ0) is 19.0. The number of hydrogen-bond donors (Lipinski definition) is 1. The van der Waals surface area contributed by atoms with E-state index in [-0.39, 0.29) is 24.7 Å². The van der Waals surface area contributed by atoms with Gasteiger partial charge in [-0.15, -0.1) is 0 Å². The highest BCUT2D eigenvalue weighted by atomic mass is 35.5. The number of rotatable bonds is 10. The molecule has 0 aromatic heterocycles. The largest absolute Gasteiger partial charge is 0.489 e. The van der Waals surface area contributed by atoms with Crippen molar-refractivity contribution >= 4 is 25.3 Å². The normalized spacial score (nSPS) is 12.9. The van der Waals surface area contributed by atoms with E-state index >= 15 is 0 Å². The predicted molar refractivity (Wildman–Crippen MR) is 96.3 cm³/mol. The molecule has 1 atom stereocenters. The van der Waals surface area contributed by atoms with Crippen LogP contribution in [0.15, 0.2) is 18.2 Å². The van der Waals surface area contributed by atoms with Crippen molar-refractivity contribution in [2.45, 2.75) is 39.3 Å². The second kappa shape index (κ2) is 10.1. The van der Waals surface area contributed by atoms with E-state index in [0.29, 0.717) is 22.8 Å². The molecule has 1 N–H and O–H groups in total. The lowest BCUT2D eigenvalue weighted by Crippen LogP contribution is -2.33. The fourth-order valence-corrected chi connectivity index (χ4v) is 2.81. The van der Waals surface area contributed by atoms with Gasteiger partial charge in [0.2, 0.25) is 0 Å². The van der Waals surface area contributed by atoms with Gasteiger partial charge in [0.15, 0.2) is 0 Å². The van der Waals surface area contributed by atoms with Crippen LogP contribution in [0.2, 0.25) is 5.02 Å². The van der Waals surface area contributed by atoms with Crippen LogP contribution in [0, 0.1) is 0 Å². The maximum atomic E-state index is 12.3. The van der Waals surface area contributed by atoms with E-state index in [0.717, 1.165) is 0 Å². The van der Waals surface area contributed by atoms with Gasteiger partial charge in [0, 0.05) is 25.8 Å². The van der Waals surface area contributed by atoms with Crippen LogP contribution in [0.5, 0.6) is 5.75 Å². The van der Waals surface area contributed by atoms with E-state index in [1.807, 2.05) is 20.8 Å². The molecule has 1 amide bonds. The minimum absolute atomic E-state index is 0.00706. The summed E-state index contributed by atoms with van der Waals surface area (Å²) >= 11 is 6.14. The third-order valence-corrected chi connectivity index (χ3v) is 4.87. The quantitative estimate of drug-likeness (QED) is 0.604. The number of halogens is 1. The highest BCUT2D eigenvalue weighted by Crippen LogP contribution is 2.47. The summed E-state index contributed by atoms with van der Waals surface area (Å²) in [4.78, 5) is 12.3. The van der Waals surface area contributed by atoms with Gasteiger partial charge in [-0.1, -0.05) is 11.6 Å². The number of phosphoric acid groups is 1. The fraction of sp³-hybridized carbons (Fsp3) is 0.562. The molecule has 142 valence electrons. The molecule has 0 spiro atoms. The molecule has 1 rings (SSSR count). The van der Waals surface area contributed by atoms with Crippen molar-refractivity contribution in [3.8, 4) is 5.75 Å². The van der Waals surface area contributed by atoms with Gasteiger partial charge in [-0.05, 0) is 45.4 Å². The zero-order valence-electron chi connectivity index (χ0n) is 15.1. The fourth-order valence-electron chi connectivity index (χ4n) is 1.89. The maximum absolute atomic E-state index is 12.3. The molecular formula is C16H25ClNO6P. The number of amides is 1. The van der Waals surface area contributed by atoms with Crippen LogP contribution in [0.4, 0.5) is 0 Å². The summed E-state index contributed by atoms with van der Waals surface area (Å²) in [6, 6.07) is 4.66. The molecule has 0 aliphatic heterocycles. The van der Waals surface area contributed by atoms with E-state index in [4.69, 9.17) is 20.9 Å². The summed E-state index contributed by atoms with van der Waals surface area (Å²) in [6.07, 6.45) is 0.428. The van der Waals surface area contributed by atoms with Crippen molar-refractivity contribution in [2.75, 3.05) is 20.8 Å². The summed E-state index contributed by atoms with van der Waals surface area (Å²) in [5.74, 6) is 0.261. The lowest BCUT2D eigenvalue weighted by Gasteiger charge is -2.17. The van der Waals surface area contributed by atoms with Crippen LogP contribution in [0.25, 0.3) is 0 Å². The molecule has 0 heterocycles. The Balaban J connectivity index is 2.55. The first-order valence-electron chi connectivity index (χ1n) is 7.84. The minimum atomic E-state index is -3.50. The molecule has 0 radical (unpaired) electrons. The Kier molecular flexibility index (Phi) is 8.89. The first kappa shape index (κ1) is 21.9. The monoisotopic (exact) mass is 393 g/mol. The predicted octanol–water partition coefficient (Wildman–Crippen LogP) is 4.05. The van der Waals surface area contributed by atoms with Gasteiger partial charge >= 0.3 is 7.82 Å². The Morgan fingerprint density at radius 1 is 1.24 bits per heavy atom. The number of hydrogen-bond acceptors (Lipinski definition) is 6. The third kappa shape index (κ3) is 7.34. The summed E-state index contributed by atoms with van der Waals surface area (Å²) in [7, 11) is -1.01. The summed E-state index contributed by atoms with van der Waals surface area (Å²) in [6.45, 7) is 5.71. The van der Waals surface area contributed by atoms with E-state index in [1.54, 1.807) is 18.2 Å². The van der Waals surface area contributed by atoms with Crippen molar-refractivity contribution in [1.29, 1.82) is 0 Å². The number of carbonyl (C=O) groups excluding carboxylic acids is 1. The number of nitrogens with one attached hydrogen (secondary N) is 1. The van der Waals surface area contributed by atoms with Gasteiger partial charge < -0.3 is 10.1 Å². The Hall–Kier alpha value is -1.11. The molecule has 7 nitrogen and oxygen atoms in total. The average molecular weight is 394 g/mol. The summed E-state index contributed by atoms with van der Waals surface area (Å²) in [5, 5.41) is 3.19. The highest BCUT2D eigenvalue weighted by Gasteiger charge is 2.22. The van der Waals surface area contributed by atoms with E-state index < -0.39 is 7.82 Å². The molecule has 0 aliphatic rings. The van der Waals surface area contributed by atoms with E-state index in [9.17, 15) is 9.36 Å². The SMILES string of the molecule is COP(=O)(OC)OCCC(C)NC(=O)c1ccc(OC(C)C)c(Cl)c1. The molecule has 0 bridgehead atoms. The van der Waals surface area contributed by atoms with Crippen LogP contribution < -0.4 is 10.1 Å². The molecule has 1 unspecified atom stereocenters. The second-order valence-corrected chi connectivity index (χ2v) is 7.91. The molecule has 0 saturated heterocycles. The number of benzene rings is 1. The van der Waals surface area contributed by atoms with Gasteiger partial charge in [-0.3, -0.25) is 18.4 Å². The Bertz CT molecular complexity index is 617. The van der Waals surface area contributed by atoms with E-state index in [1.165, 1.54) is 14.2 Å². The van der Waals surface area contributed by atoms with Gasteiger partial charge in [0.25, 0.3) is 5.91 Å². The summed E-state index contributed by atoms with van der Waals surface area (Å²) < 4.78 is 31.7. The van der Waals surface area contributed by atoms with Crippen molar-refractivity contribution in [2.24, 2.45) is 0 Å². The highest BCUT2D eigenvalue weighted by molar-refractivity contribution is 7.48. The Labute approximate surface area is 153 Å². The first-order valence-corrected chi connectivity index (χ1v) is 9.67. The summed E-state index contributed by atoms with van der Waals surface area (Å²) in [5.41, 5.74) is 0.424. The van der Waals surface area contributed by atoms with Crippen molar-refractivity contribution in [3.05, 3.63) is 28.8 Å². The third-order valence-electron chi connectivity index (χ3n) is 3.18. The molecule has 0 fully saturated rings. The van der Waals surface area contributed by atoms with Crippen LogP contribution in [-0.2, 0) is 18.1 Å². The van der Waals surface area contributed by atoms with Gasteiger partial charge in [0.05, 0.1) is 17.7 Å². The number of phosphoric ester groups is 1. The van der Waals surface area contributed by atoms with Gasteiger partial charge in [0.1, 0.15) is 5.75 Å². The lowest BCUT2D eigenvalue weighted by atomic mass is 10.1. The molecule has 9 heteroatoms. The molecule has 25 heavy (non-hydrogen) atoms. The second-order valence-electron chi connectivity index (χ2n) is 5.62. The number of carbonyl (C=O) groups is 1. The molecule has 0 saturated carbocycles. The molecular weight excluding hydrogens is 369 g/mol. The van der Waals surface area contributed by atoms with Gasteiger partial charge in [-0.2, -0.15) is 0 Å². The van der Waals surface area contributed by atoms with Crippen LogP contribution in [-0.4, -0.2) is 38.9 Å². The topological polar surface area (TPSA) is 83.1 Å². The molecule has 0 aliphatic carbocycles. The minimum Gasteiger partial charge on any atom is -0.489 e. The van der Waals surface area contributed by atoms with Crippen LogP contribution in [0.1, 0.15) is 37.6 Å². The van der Waals surface area contributed by atoms with E-state index in [2.05, 4.69) is 14.4 Å². The van der Waals surface area contributed by atoms with Gasteiger partial charge in [-0.25, -0.2) is 4.57 Å². The molecule has 1 aromatic carbocycles. The first-order chi connectivity index (χ1) is 11.7. The standard InChI is InChI=1S/C16H25ClNO6P/c1-11(2)24-15-7-6-13(10-14(15)17)16(19)18-12(3)8-9-23-25(20,21-4)22-5/h6-7,10-12H,8-9H2,1-5H3,(H,18,19). The Morgan fingerprint density at radius 3 is 2.40 bits per heavy atom. The van der Waals surface area contributed by atoms with Crippen molar-refractivity contribution < 1.29 is 27.7 Å². The van der Waals surface area contributed by atoms with Crippen molar-refractivity contribution in [3.63, 3.8) is 0 Å². The Morgan fingerprint density at radius 2 is 1.88 bits per heavy atom. The van der Waals surface area contributed by atoms with Crippen molar-refractivity contribution in [1.82, 2.24) is 5.32 Å². The average Bonchev–Trinajstić information content (AvgIpc) is 2.56. The van der Waals surface area contributed by atoms with Crippen LogP contribution in [0.3, 0.4) is 0 Å².